The van der Waals surface area contributed by atoms with Crippen LogP contribution < -0.4 is 5.32 Å². The minimum absolute atomic E-state index is 0.201. The van der Waals surface area contributed by atoms with Crippen LogP contribution in [0.1, 0.15) is 54.4 Å². The van der Waals surface area contributed by atoms with Gasteiger partial charge in [0.25, 0.3) is 0 Å². The number of carbonyl (C=O) groups is 1. The smallest absolute Gasteiger partial charge is 0.410 e. The number of nitrogens with one attached hydrogen (secondary N) is 1. The fraction of sp³-hybridized carbons (Fsp3) is 0.941. The normalized spacial score (nSPS) is 21.5. The third kappa shape index (κ3) is 6.78. The maximum atomic E-state index is 12.2. The topological polar surface area (TPSA) is 41.6 Å². The first-order valence-electron chi connectivity index (χ1n) is 8.45. The van der Waals surface area contributed by atoms with E-state index >= 15 is 0 Å². The molecule has 4 nitrogen and oxygen atoms in total. The lowest BCUT2D eigenvalue weighted by atomic mass is 9.82. The van der Waals surface area contributed by atoms with Crippen LogP contribution in [0.15, 0.2) is 0 Å². The van der Waals surface area contributed by atoms with Crippen molar-refractivity contribution in [3.05, 3.63) is 0 Å². The summed E-state index contributed by atoms with van der Waals surface area (Å²) in [7, 11) is 0. The first-order chi connectivity index (χ1) is 10.2. The fourth-order valence-electron chi connectivity index (χ4n) is 2.54. The van der Waals surface area contributed by atoms with E-state index in [0.29, 0.717) is 18.0 Å². The van der Waals surface area contributed by atoms with Crippen LogP contribution in [0.5, 0.6) is 0 Å². The molecule has 130 valence electrons. The second-order valence-corrected chi connectivity index (χ2v) is 8.94. The highest BCUT2D eigenvalue weighted by Gasteiger charge is 2.32. The van der Waals surface area contributed by atoms with Crippen LogP contribution >= 0.6 is 11.8 Å². The average molecular weight is 331 g/mol. The first-order valence-corrected chi connectivity index (χ1v) is 9.60. The molecule has 1 N–H and O–H groups in total. The van der Waals surface area contributed by atoms with Crippen LogP contribution in [0.25, 0.3) is 0 Å². The maximum Gasteiger partial charge on any atom is 0.410 e. The van der Waals surface area contributed by atoms with E-state index in [1.807, 2.05) is 37.4 Å². The van der Waals surface area contributed by atoms with Gasteiger partial charge in [0.1, 0.15) is 5.60 Å². The van der Waals surface area contributed by atoms with Crippen molar-refractivity contribution in [3.63, 3.8) is 0 Å². The van der Waals surface area contributed by atoms with Crippen LogP contribution in [0.2, 0.25) is 0 Å². The summed E-state index contributed by atoms with van der Waals surface area (Å²) in [6.45, 7) is 14.8. The third-order valence-electron chi connectivity index (χ3n) is 4.04. The Balaban J connectivity index is 2.45. The van der Waals surface area contributed by atoms with Crippen LogP contribution in [-0.2, 0) is 4.74 Å². The van der Waals surface area contributed by atoms with Crippen LogP contribution in [0.4, 0.5) is 4.79 Å². The van der Waals surface area contributed by atoms with Crippen LogP contribution in [0, 0.1) is 5.41 Å². The highest BCUT2D eigenvalue weighted by molar-refractivity contribution is 7.99. The second-order valence-electron chi connectivity index (χ2n) is 7.79. The van der Waals surface area contributed by atoms with Gasteiger partial charge in [-0.3, -0.25) is 0 Å². The van der Waals surface area contributed by atoms with Crippen molar-refractivity contribution in [3.8, 4) is 0 Å². The molecule has 1 atom stereocenters. The molecule has 1 unspecified atom stereocenters. The van der Waals surface area contributed by atoms with Crippen molar-refractivity contribution < 1.29 is 9.53 Å². The van der Waals surface area contributed by atoms with Gasteiger partial charge in [-0.05, 0) is 44.8 Å². The Hall–Kier alpha value is -0.420. The summed E-state index contributed by atoms with van der Waals surface area (Å²) in [5, 5.41) is 3.65. The van der Waals surface area contributed by atoms with E-state index in [-0.39, 0.29) is 6.09 Å². The largest absolute Gasteiger partial charge is 0.444 e. The number of hydrogen-bond acceptors (Lipinski definition) is 4. The van der Waals surface area contributed by atoms with Crippen molar-refractivity contribution in [1.82, 2.24) is 10.2 Å². The molecule has 1 aliphatic rings. The lowest BCUT2D eigenvalue weighted by Gasteiger charge is -2.39. The van der Waals surface area contributed by atoms with Gasteiger partial charge in [0.05, 0.1) is 0 Å². The molecule has 0 aromatic carbocycles. The Morgan fingerprint density at radius 1 is 1.36 bits per heavy atom. The summed E-state index contributed by atoms with van der Waals surface area (Å²) in [6, 6.07) is 0.522. The molecule has 0 radical (unpaired) electrons. The van der Waals surface area contributed by atoms with Crippen LogP contribution in [0.3, 0.4) is 0 Å². The van der Waals surface area contributed by atoms with Crippen LogP contribution in [-0.4, -0.2) is 53.8 Å². The van der Waals surface area contributed by atoms with Gasteiger partial charge in [0, 0.05) is 31.4 Å². The number of thioether (sulfide) groups is 1. The Bertz CT molecular complexity index is 353. The number of carbonyl (C=O) groups excluding carboxylic acids is 1. The minimum atomic E-state index is -0.432. The SMILES string of the molecule is CCCN(CCNC1CSCCC1(C)C)C(=O)OC(C)(C)C. The number of nitrogens with zero attached hydrogens (tertiary/aromatic N) is 1. The highest BCUT2D eigenvalue weighted by Crippen LogP contribution is 2.33. The minimum Gasteiger partial charge on any atom is -0.444 e. The predicted molar refractivity (Wildman–Crippen MR) is 95.6 cm³/mol. The Labute approximate surface area is 140 Å². The van der Waals surface area contributed by atoms with Gasteiger partial charge in [-0.25, -0.2) is 4.79 Å². The van der Waals surface area contributed by atoms with Crippen molar-refractivity contribution in [2.45, 2.75) is 66.0 Å². The number of amides is 1. The summed E-state index contributed by atoms with van der Waals surface area (Å²) in [5.74, 6) is 2.41. The summed E-state index contributed by atoms with van der Waals surface area (Å²) < 4.78 is 5.49. The molecule has 5 heteroatoms. The monoisotopic (exact) mass is 330 g/mol. The van der Waals surface area contributed by atoms with Crippen molar-refractivity contribution >= 4 is 17.9 Å². The summed E-state index contributed by atoms with van der Waals surface area (Å²) in [4.78, 5) is 14.1. The van der Waals surface area contributed by atoms with Crippen molar-refractivity contribution in [1.29, 1.82) is 0 Å². The molecule has 1 aliphatic heterocycles. The Kier molecular flexibility index (Phi) is 7.53. The van der Waals surface area contributed by atoms with E-state index in [1.54, 1.807) is 0 Å². The zero-order chi connectivity index (χ0) is 16.8. The van der Waals surface area contributed by atoms with E-state index < -0.39 is 5.60 Å². The molecule has 0 aromatic heterocycles. The van der Waals surface area contributed by atoms with Gasteiger partial charge >= 0.3 is 6.09 Å². The molecule has 1 amide bonds. The van der Waals surface area contributed by atoms with E-state index in [1.165, 1.54) is 12.2 Å². The van der Waals surface area contributed by atoms with E-state index in [9.17, 15) is 4.79 Å². The highest BCUT2D eigenvalue weighted by atomic mass is 32.2. The molecular formula is C17H34N2O2S. The molecule has 0 aromatic rings. The number of ether oxygens (including phenoxy) is 1. The number of rotatable bonds is 6. The molecule has 1 saturated heterocycles. The van der Waals surface area contributed by atoms with E-state index in [4.69, 9.17) is 4.74 Å². The lowest BCUT2D eigenvalue weighted by Crippen LogP contribution is -2.49. The standard InChI is InChI=1S/C17H34N2O2S/c1-7-10-19(15(20)21-16(2,3)4)11-9-18-14-13-22-12-8-17(14,5)6/h14,18H,7-13H2,1-6H3. The molecule has 0 bridgehead atoms. The van der Waals surface area contributed by atoms with Gasteiger partial charge in [0.15, 0.2) is 0 Å². The molecule has 0 saturated carbocycles. The first kappa shape index (κ1) is 19.6. The van der Waals surface area contributed by atoms with Gasteiger partial charge < -0.3 is 15.0 Å². The van der Waals surface area contributed by atoms with Gasteiger partial charge in [-0.15, -0.1) is 0 Å². The zero-order valence-electron chi connectivity index (χ0n) is 15.2. The molecule has 0 aliphatic carbocycles. The van der Waals surface area contributed by atoms with Crippen molar-refractivity contribution in [2.75, 3.05) is 31.1 Å². The van der Waals surface area contributed by atoms with E-state index in [0.717, 1.165) is 25.3 Å². The third-order valence-corrected chi connectivity index (χ3v) is 5.10. The second kappa shape index (κ2) is 8.44. The summed E-state index contributed by atoms with van der Waals surface area (Å²) >= 11 is 2.02. The molecular weight excluding hydrogens is 296 g/mol. The Morgan fingerprint density at radius 3 is 2.59 bits per heavy atom. The Morgan fingerprint density at radius 2 is 2.05 bits per heavy atom. The quantitative estimate of drug-likeness (QED) is 0.805. The lowest BCUT2D eigenvalue weighted by molar-refractivity contribution is 0.0249. The molecule has 1 fully saturated rings. The predicted octanol–water partition coefficient (Wildman–Crippen LogP) is 3.75. The zero-order valence-corrected chi connectivity index (χ0v) is 16.0. The maximum absolute atomic E-state index is 12.2. The average Bonchev–Trinajstić information content (AvgIpc) is 2.37. The van der Waals surface area contributed by atoms with Gasteiger partial charge in [-0.2, -0.15) is 11.8 Å². The van der Waals surface area contributed by atoms with Gasteiger partial charge in [0.2, 0.25) is 0 Å². The molecule has 22 heavy (non-hydrogen) atoms. The molecule has 1 rings (SSSR count). The summed E-state index contributed by atoms with van der Waals surface area (Å²) in [5.41, 5.74) is -0.0920. The number of hydrogen-bond donors (Lipinski definition) is 1. The molecule has 0 spiro atoms. The van der Waals surface area contributed by atoms with Crippen molar-refractivity contribution in [2.24, 2.45) is 5.41 Å². The summed E-state index contributed by atoms with van der Waals surface area (Å²) in [6.07, 6.45) is 2.00. The fourth-order valence-corrected chi connectivity index (χ4v) is 4.18. The van der Waals surface area contributed by atoms with Gasteiger partial charge in [-0.1, -0.05) is 20.8 Å². The molecule has 1 heterocycles. The van der Waals surface area contributed by atoms with E-state index in [2.05, 4.69) is 26.1 Å².